The third-order valence-electron chi connectivity index (χ3n) is 6.17. The van der Waals surface area contributed by atoms with Gasteiger partial charge >= 0.3 is 0 Å². The van der Waals surface area contributed by atoms with Gasteiger partial charge in [0.05, 0.1) is 26.9 Å². The fraction of sp³-hybridized carbons (Fsp3) is 0.333. The molecule has 2 radical (unpaired) electrons. The molecule has 1 saturated heterocycles. The Labute approximate surface area is 197 Å². The van der Waals surface area contributed by atoms with Crippen molar-refractivity contribution in [3.05, 3.63) is 95.6 Å². The summed E-state index contributed by atoms with van der Waals surface area (Å²) in [5.74, 6) is 1.56. The van der Waals surface area contributed by atoms with Crippen molar-refractivity contribution in [3.63, 3.8) is 0 Å². The first kappa shape index (κ1) is 23.4. The minimum absolute atomic E-state index is 0.125. The molecule has 1 aliphatic heterocycles. The molecule has 0 N–H and O–H groups in total. The first-order valence-electron chi connectivity index (χ1n) is 11.0. The monoisotopic (exact) mass is 444 g/mol. The highest BCUT2D eigenvalue weighted by molar-refractivity contribution is 6.11. The SMILES string of the molecule is [B][C@H]1C[C@@H](OC)[C@@H](COC(c2ccccc2)(c2ccc(OC)cc2)c2ccc(OC)cc2)O1. The predicted octanol–water partition coefficient (Wildman–Crippen LogP) is 4.31. The van der Waals surface area contributed by atoms with Crippen LogP contribution in [0.1, 0.15) is 23.1 Å². The van der Waals surface area contributed by atoms with Gasteiger partial charge in [0.15, 0.2) is 0 Å². The largest absolute Gasteiger partial charge is 0.497 e. The van der Waals surface area contributed by atoms with Gasteiger partial charge in [0.1, 0.15) is 31.1 Å². The molecule has 3 aromatic rings. The lowest BCUT2D eigenvalue weighted by Gasteiger charge is -2.37. The van der Waals surface area contributed by atoms with E-state index in [2.05, 4.69) is 12.1 Å². The fourth-order valence-corrected chi connectivity index (χ4v) is 4.42. The molecule has 6 heteroatoms. The van der Waals surface area contributed by atoms with Crippen LogP contribution >= 0.6 is 0 Å². The number of hydrogen-bond donors (Lipinski definition) is 0. The van der Waals surface area contributed by atoms with Crippen LogP contribution in [0.25, 0.3) is 0 Å². The lowest BCUT2D eigenvalue weighted by atomic mass is 9.80. The van der Waals surface area contributed by atoms with Crippen LogP contribution in [0.3, 0.4) is 0 Å². The van der Waals surface area contributed by atoms with Gasteiger partial charge in [0, 0.05) is 13.1 Å². The Hall–Kier alpha value is -2.80. The van der Waals surface area contributed by atoms with E-state index in [0.29, 0.717) is 13.0 Å². The third kappa shape index (κ3) is 4.79. The summed E-state index contributed by atoms with van der Waals surface area (Å²) in [6.45, 7) is 0.305. The molecule has 5 nitrogen and oxygen atoms in total. The molecule has 1 aliphatic rings. The molecule has 1 fully saturated rings. The highest BCUT2D eigenvalue weighted by Gasteiger charge is 2.41. The van der Waals surface area contributed by atoms with Gasteiger partial charge < -0.3 is 23.7 Å². The van der Waals surface area contributed by atoms with Crippen molar-refractivity contribution in [2.75, 3.05) is 27.9 Å². The third-order valence-corrected chi connectivity index (χ3v) is 6.17. The van der Waals surface area contributed by atoms with Crippen LogP contribution in [-0.2, 0) is 19.8 Å². The number of methoxy groups -OCH3 is 3. The van der Waals surface area contributed by atoms with Gasteiger partial charge in [0.2, 0.25) is 0 Å². The van der Waals surface area contributed by atoms with Gasteiger partial charge in [-0.05, 0) is 47.4 Å². The van der Waals surface area contributed by atoms with Crippen molar-refractivity contribution in [1.29, 1.82) is 0 Å². The zero-order chi connectivity index (χ0) is 23.3. The maximum absolute atomic E-state index is 6.86. The van der Waals surface area contributed by atoms with Gasteiger partial charge in [-0.1, -0.05) is 54.6 Å². The molecule has 0 amide bonds. The Bertz CT molecular complexity index is 959. The molecule has 33 heavy (non-hydrogen) atoms. The first-order chi connectivity index (χ1) is 16.1. The highest BCUT2D eigenvalue weighted by Crippen LogP contribution is 2.42. The maximum Gasteiger partial charge on any atom is 0.143 e. The standard InChI is InChI=1S/C27H29BO5/c1-29-22-13-9-20(10-14-22)27(19-7-5-4-6-8-19,21-11-15-23(30-2)16-12-21)32-18-25-24(31-3)17-26(28)33-25/h4-16,24-26H,17-18H2,1-3H3/t24-,25-,26-/m1/s1. The molecular formula is C27H29BO5. The summed E-state index contributed by atoms with van der Waals surface area (Å²) in [5, 5.41) is 0. The Kier molecular flexibility index (Phi) is 7.38. The summed E-state index contributed by atoms with van der Waals surface area (Å²) >= 11 is 0. The van der Waals surface area contributed by atoms with Crippen LogP contribution < -0.4 is 9.47 Å². The van der Waals surface area contributed by atoms with Crippen LogP contribution in [0.5, 0.6) is 11.5 Å². The molecule has 0 spiro atoms. The van der Waals surface area contributed by atoms with E-state index in [4.69, 9.17) is 31.5 Å². The van der Waals surface area contributed by atoms with Gasteiger partial charge in [-0.15, -0.1) is 0 Å². The summed E-state index contributed by atoms with van der Waals surface area (Å²) in [7, 11) is 11.0. The minimum atomic E-state index is -0.895. The summed E-state index contributed by atoms with van der Waals surface area (Å²) in [4.78, 5) is 0. The molecule has 0 saturated carbocycles. The quantitative estimate of drug-likeness (QED) is 0.364. The van der Waals surface area contributed by atoms with E-state index in [-0.39, 0.29) is 18.2 Å². The molecule has 3 atom stereocenters. The zero-order valence-electron chi connectivity index (χ0n) is 19.3. The molecule has 170 valence electrons. The van der Waals surface area contributed by atoms with Crippen molar-refractivity contribution >= 4 is 7.85 Å². The second kappa shape index (κ2) is 10.4. The average Bonchev–Trinajstić information content (AvgIpc) is 3.25. The van der Waals surface area contributed by atoms with Crippen molar-refractivity contribution < 1.29 is 23.7 Å². The van der Waals surface area contributed by atoms with Gasteiger partial charge in [-0.25, -0.2) is 0 Å². The molecule has 0 bridgehead atoms. The Morgan fingerprint density at radius 1 is 0.788 bits per heavy atom. The van der Waals surface area contributed by atoms with Crippen molar-refractivity contribution in [2.45, 2.75) is 30.2 Å². The highest BCUT2D eigenvalue weighted by atomic mass is 16.6. The van der Waals surface area contributed by atoms with E-state index in [0.717, 1.165) is 28.2 Å². The van der Waals surface area contributed by atoms with Crippen LogP contribution in [0.4, 0.5) is 0 Å². The van der Waals surface area contributed by atoms with Gasteiger partial charge in [-0.3, -0.25) is 0 Å². The Morgan fingerprint density at radius 2 is 1.30 bits per heavy atom. The fourth-order valence-electron chi connectivity index (χ4n) is 4.42. The zero-order valence-corrected chi connectivity index (χ0v) is 19.3. The molecule has 3 aromatic carbocycles. The van der Waals surface area contributed by atoms with Crippen LogP contribution in [0.2, 0.25) is 0 Å². The lowest BCUT2D eigenvalue weighted by molar-refractivity contribution is -0.0804. The smallest absolute Gasteiger partial charge is 0.143 e. The topological polar surface area (TPSA) is 46.2 Å². The number of ether oxygens (including phenoxy) is 5. The van der Waals surface area contributed by atoms with E-state index in [1.165, 1.54) is 0 Å². The Balaban J connectivity index is 1.83. The number of rotatable bonds is 9. The van der Waals surface area contributed by atoms with E-state index in [1.54, 1.807) is 21.3 Å². The van der Waals surface area contributed by atoms with E-state index < -0.39 is 5.60 Å². The van der Waals surface area contributed by atoms with Crippen molar-refractivity contribution in [2.24, 2.45) is 0 Å². The summed E-state index contributed by atoms with van der Waals surface area (Å²) in [6.07, 6.45) is 0.235. The second-order valence-electron chi connectivity index (χ2n) is 8.04. The van der Waals surface area contributed by atoms with Crippen LogP contribution in [0.15, 0.2) is 78.9 Å². The molecule has 0 unspecified atom stereocenters. The van der Waals surface area contributed by atoms with Gasteiger partial charge in [0.25, 0.3) is 0 Å². The van der Waals surface area contributed by atoms with E-state index >= 15 is 0 Å². The maximum atomic E-state index is 6.86. The first-order valence-corrected chi connectivity index (χ1v) is 11.0. The van der Waals surface area contributed by atoms with Crippen LogP contribution in [0, 0.1) is 0 Å². The molecular weight excluding hydrogens is 415 g/mol. The summed E-state index contributed by atoms with van der Waals surface area (Å²) in [5.41, 5.74) is 2.04. The molecule has 1 heterocycles. The van der Waals surface area contributed by atoms with E-state index in [9.17, 15) is 0 Å². The Morgan fingerprint density at radius 3 is 1.79 bits per heavy atom. The number of benzene rings is 3. The van der Waals surface area contributed by atoms with Crippen molar-refractivity contribution in [3.8, 4) is 11.5 Å². The lowest BCUT2D eigenvalue weighted by Crippen LogP contribution is -2.38. The summed E-state index contributed by atoms with van der Waals surface area (Å²) < 4.78 is 29.2. The van der Waals surface area contributed by atoms with Gasteiger partial charge in [-0.2, -0.15) is 0 Å². The number of hydrogen-bond acceptors (Lipinski definition) is 5. The normalized spacial score (nSPS) is 20.5. The summed E-state index contributed by atoms with van der Waals surface area (Å²) in [6, 6.07) is 25.7. The minimum Gasteiger partial charge on any atom is -0.497 e. The molecule has 0 aromatic heterocycles. The van der Waals surface area contributed by atoms with Crippen LogP contribution in [-0.4, -0.2) is 54.0 Å². The van der Waals surface area contributed by atoms with Crippen molar-refractivity contribution in [1.82, 2.24) is 0 Å². The molecule has 0 aliphatic carbocycles. The molecule has 4 rings (SSSR count). The average molecular weight is 444 g/mol. The predicted molar refractivity (Wildman–Crippen MR) is 128 cm³/mol. The second-order valence-corrected chi connectivity index (χ2v) is 8.04. The van der Waals surface area contributed by atoms with E-state index in [1.807, 2.05) is 66.7 Å².